The number of rotatable bonds is 6. The first kappa shape index (κ1) is 16.7. The molecular weight excluding hydrogens is 304 g/mol. The maximum atomic E-state index is 9.32. The third-order valence-electron chi connectivity index (χ3n) is 4.48. The molecule has 1 aromatic carbocycles. The second-order valence-corrected chi connectivity index (χ2v) is 6.18. The molecule has 6 heteroatoms. The van der Waals surface area contributed by atoms with Gasteiger partial charge in [-0.2, -0.15) is 0 Å². The molecule has 6 nitrogen and oxygen atoms in total. The minimum Gasteiger partial charge on any atom is -0.383 e. The molecule has 24 heavy (non-hydrogen) atoms. The Morgan fingerprint density at radius 2 is 2.12 bits per heavy atom. The van der Waals surface area contributed by atoms with Crippen molar-refractivity contribution in [3.8, 4) is 0 Å². The molecule has 0 bridgehead atoms. The molecule has 0 fully saturated rings. The summed E-state index contributed by atoms with van der Waals surface area (Å²) >= 11 is 0. The Kier molecular flexibility index (Phi) is 4.99. The highest BCUT2D eigenvalue weighted by molar-refractivity contribution is 5.75. The molecule has 0 saturated carbocycles. The van der Waals surface area contributed by atoms with Crippen molar-refractivity contribution in [1.29, 1.82) is 0 Å². The third-order valence-corrected chi connectivity index (χ3v) is 4.48. The van der Waals surface area contributed by atoms with Gasteiger partial charge in [-0.25, -0.2) is 4.98 Å². The number of nitrogens with zero attached hydrogens (tertiary/aromatic N) is 2. The van der Waals surface area contributed by atoms with Crippen molar-refractivity contribution in [2.45, 2.75) is 25.8 Å². The standard InChI is InChI=1S/C18H24N4O2/c1-12(18(23)24)13-7-8-20-14(9-13)10-19-11-17-21-15-5-3-4-6-16(15)22(17)2/h3-9,12,14,18-20,23-24H,10-11H2,1-2H3. The van der Waals surface area contributed by atoms with Crippen LogP contribution in [0, 0.1) is 5.92 Å². The summed E-state index contributed by atoms with van der Waals surface area (Å²) in [5.41, 5.74) is 3.06. The Hall–Kier alpha value is -2.15. The van der Waals surface area contributed by atoms with Gasteiger partial charge in [-0.1, -0.05) is 25.1 Å². The lowest BCUT2D eigenvalue weighted by Crippen LogP contribution is -2.37. The van der Waals surface area contributed by atoms with Crippen LogP contribution in [0.2, 0.25) is 0 Å². The van der Waals surface area contributed by atoms with Crippen LogP contribution in [0.1, 0.15) is 12.7 Å². The monoisotopic (exact) mass is 328 g/mol. The zero-order chi connectivity index (χ0) is 17.1. The minimum absolute atomic E-state index is 0.112. The van der Waals surface area contributed by atoms with E-state index in [0.717, 1.165) is 29.0 Å². The van der Waals surface area contributed by atoms with Crippen LogP contribution in [0.25, 0.3) is 11.0 Å². The summed E-state index contributed by atoms with van der Waals surface area (Å²) in [5.74, 6) is 0.691. The Morgan fingerprint density at radius 1 is 1.33 bits per heavy atom. The van der Waals surface area contributed by atoms with Gasteiger partial charge in [0.2, 0.25) is 0 Å². The molecule has 0 radical (unpaired) electrons. The number of imidazole rings is 1. The molecule has 0 aliphatic carbocycles. The first-order valence-corrected chi connectivity index (χ1v) is 8.18. The van der Waals surface area contributed by atoms with Crippen LogP contribution in [0.3, 0.4) is 0 Å². The fourth-order valence-electron chi connectivity index (χ4n) is 2.89. The van der Waals surface area contributed by atoms with E-state index in [4.69, 9.17) is 0 Å². The van der Waals surface area contributed by atoms with Gasteiger partial charge in [0, 0.05) is 19.5 Å². The molecule has 1 aliphatic heterocycles. The number of benzene rings is 1. The van der Waals surface area contributed by atoms with Gasteiger partial charge in [0.05, 0.1) is 23.6 Å². The Morgan fingerprint density at radius 3 is 2.88 bits per heavy atom. The smallest absolute Gasteiger partial charge is 0.158 e. The Labute approximate surface area is 141 Å². The van der Waals surface area contributed by atoms with E-state index in [1.807, 2.05) is 43.6 Å². The highest BCUT2D eigenvalue weighted by Crippen LogP contribution is 2.18. The van der Waals surface area contributed by atoms with E-state index in [2.05, 4.69) is 26.3 Å². The lowest BCUT2D eigenvalue weighted by molar-refractivity contribution is -0.0674. The number of fused-ring (bicyclic) bond motifs is 1. The molecule has 2 aromatic rings. The van der Waals surface area contributed by atoms with Gasteiger partial charge in [0.25, 0.3) is 0 Å². The van der Waals surface area contributed by atoms with Gasteiger partial charge in [0.15, 0.2) is 6.29 Å². The number of aromatic nitrogens is 2. The summed E-state index contributed by atoms with van der Waals surface area (Å²) in [6.45, 7) is 3.20. The van der Waals surface area contributed by atoms with E-state index < -0.39 is 6.29 Å². The maximum absolute atomic E-state index is 9.32. The molecule has 4 N–H and O–H groups in total. The van der Waals surface area contributed by atoms with Crippen molar-refractivity contribution >= 4 is 11.0 Å². The van der Waals surface area contributed by atoms with Crippen LogP contribution in [0.5, 0.6) is 0 Å². The molecule has 0 spiro atoms. The highest BCUT2D eigenvalue weighted by Gasteiger charge is 2.18. The molecular formula is C18H24N4O2. The number of hydrogen-bond donors (Lipinski definition) is 4. The first-order valence-electron chi connectivity index (χ1n) is 8.18. The summed E-state index contributed by atoms with van der Waals surface area (Å²) in [7, 11) is 2.02. The van der Waals surface area contributed by atoms with Gasteiger partial charge in [-0.15, -0.1) is 0 Å². The van der Waals surface area contributed by atoms with E-state index in [9.17, 15) is 10.2 Å². The van der Waals surface area contributed by atoms with Crippen molar-refractivity contribution in [2.24, 2.45) is 13.0 Å². The molecule has 2 unspecified atom stereocenters. The zero-order valence-electron chi connectivity index (χ0n) is 14.0. The number of aryl methyl sites for hydroxylation is 1. The van der Waals surface area contributed by atoms with E-state index in [1.54, 1.807) is 6.92 Å². The van der Waals surface area contributed by atoms with Crippen LogP contribution < -0.4 is 10.6 Å². The summed E-state index contributed by atoms with van der Waals surface area (Å²) in [6, 6.07) is 8.20. The lowest BCUT2D eigenvalue weighted by Gasteiger charge is -2.23. The van der Waals surface area contributed by atoms with Crippen molar-refractivity contribution in [2.75, 3.05) is 6.54 Å². The second kappa shape index (κ2) is 7.17. The maximum Gasteiger partial charge on any atom is 0.158 e. The second-order valence-electron chi connectivity index (χ2n) is 6.18. The summed E-state index contributed by atoms with van der Waals surface area (Å²) in [6.07, 6.45) is 4.43. The van der Waals surface area contributed by atoms with Crippen molar-refractivity contribution < 1.29 is 10.2 Å². The molecule has 2 atom stereocenters. The van der Waals surface area contributed by atoms with Gasteiger partial charge in [-0.3, -0.25) is 0 Å². The number of dihydropyridines is 1. The largest absolute Gasteiger partial charge is 0.383 e. The van der Waals surface area contributed by atoms with E-state index in [1.165, 1.54) is 0 Å². The number of para-hydroxylation sites is 2. The molecule has 1 aliphatic rings. The third kappa shape index (κ3) is 3.51. The minimum atomic E-state index is -1.34. The molecule has 2 heterocycles. The van der Waals surface area contributed by atoms with Gasteiger partial charge in [-0.05, 0) is 30.0 Å². The SMILES string of the molecule is CC(C1=CC(CNCc2nc3ccccc3n2C)NC=C1)C(O)O. The quantitative estimate of drug-likeness (QED) is 0.595. The topological polar surface area (TPSA) is 82.3 Å². The summed E-state index contributed by atoms with van der Waals surface area (Å²) in [5, 5.41) is 25.3. The number of allylic oxidation sites excluding steroid dienone is 1. The molecule has 1 aromatic heterocycles. The Bertz CT molecular complexity index is 763. The van der Waals surface area contributed by atoms with Crippen molar-refractivity contribution in [3.05, 3.63) is 54.0 Å². The molecule has 0 saturated heterocycles. The highest BCUT2D eigenvalue weighted by atomic mass is 16.5. The molecule has 0 amide bonds. The van der Waals surface area contributed by atoms with E-state index in [-0.39, 0.29) is 12.0 Å². The number of aliphatic hydroxyl groups is 2. The van der Waals surface area contributed by atoms with Crippen LogP contribution in [0.4, 0.5) is 0 Å². The summed E-state index contributed by atoms with van der Waals surface area (Å²) in [4.78, 5) is 4.65. The van der Waals surface area contributed by atoms with Crippen LogP contribution in [-0.2, 0) is 13.6 Å². The lowest BCUT2D eigenvalue weighted by atomic mass is 9.96. The Balaban J connectivity index is 1.60. The van der Waals surface area contributed by atoms with Crippen LogP contribution in [0.15, 0.2) is 48.2 Å². The fraction of sp³-hybridized carbons (Fsp3) is 0.389. The average Bonchev–Trinajstić information content (AvgIpc) is 2.91. The molecule has 128 valence electrons. The van der Waals surface area contributed by atoms with Crippen LogP contribution >= 0.6 is 0 Å². The van der Waals surface area contributed by atoms with Gasteiger partial charge in [0.1, 0.15) is 5.82 Å². The zero-order valence-corrected chi connectivity index (χ0v) is 14.0. The molecule has 3 rings (SSSR count). The predicted octanol–water partition coefficient (Wildman–Crippen LogP) is 1.02. The summed E-state index contributed by atoms with van der Waals surface area (Å²) < 4.78 is 2.10. The van der Waals surface area contributed by atoms with Crippen LogP contribution in [-0.4, -0.2) is 38.6 Å². The average molecular weight is 328 g/mol. The van der Waals surface area contributed by atoms with Crippen molar-refractivity contribution in [1.82, 2.24) is 20.2 Å². The number of nitrogens with one attached hydrogen (secondary N) is 2. The number of aliphatic hydroxyl groups excluding tert-OH is 1. The fourth-order valence-corrected chi connectivity index (χ4v) is 2.89. The van der Waals surface area contributed by atoms with Gasteiger partial charge < -0.3 is 25.4 Å². The van der Waals surface area contributed by atoms with E-state index in [0.29, 0.717) is 6.54 Å². The van der Waals surface area contributed by atoms with Crippen molar-refractivity contribution in [3.63, 3.8) is 0 Å². The van der Waals surface area contributed by atoms with E-state index >= 15 is 0 Å². The first-order chi connectivity index (χ1) is 11.6. The predicted molar refractivity (Wildman–Crippen MR) is 94.0 cm³/mol. The van der Waals surface area contributed by atoms with Gasteiger partial charge >= 0.3 is 0 Å². The normalized spacial score (nSPS) is 18.7. The number of hydrogen-bond acceptors (Lipinski definition) is 5.